The van der Waals surface area contributed by atoms with Crippen LogP contribution in [0.15, 0.2) is 84.9 Å². The van der Waals surface area contributed by atoms with Crippen molar-refractivity contribution in [2.45, 2.75) is 32.7 Å². The molecule has 5 aromatic rings. The molecule has 0 saturated carbocycles. The number of aryl methyl sites for hydroxylation is 1. The molecule has 1 aromatic heterocycles. The van der Waals surface area contributed by atoms with Gasteiger partial charge in [-0.3, -0.25) is 0 Å². The van der Waals surface area contributed by atoms with Crippen molar-refractivity contribution in [3.63, 3.8) is 0 Å². The summed E-state index contributed by atoms with van der Waals surface area (Å²) in [7, 11) is 0. The van der Waals surface area contributed by atoms with Gasteiger partial charge in [-0.15, -0.1) is 0 Å². The van der Waals surface area contributed by atoms with Crippen LogP contribution in [0.2, 0.25) is 0 Å². The van der Waals surface area contributed by atoms with E-state index in [1.165, 1.54) is 55.2 Å². The van der Waals surface area contributed by atoms with Crippen LogP contribution in [0.3, 0.4) is 0 Å². The summed E-state index contributed by atoms with van der Waals surface area (Å²) in [6, 6.07) is 31.7. The zero-order valence-electron chi connectivity index (χ0n) is 17.5. The second-order valence-electron chi connectivity index (χ2n) is 8.34. The van der Waals surface area contributed by atoms with Gasteiger partial charge in [0.25, 0.3) is 0 Å². The lowest BCUT2D eigenvalue weighted by atomic mass is 9.93. The maximum atomic E-state index is 2.42. The van der Waals surface area contributed by atoms with E-state index in [1.807, 2.05) is 0 Å². The average molecular weight is 388 g/mol. The average Bonchev–Trinajstić information content (AvgIpc) is 3.30. The highest BCUT2D eigenvalue weighted by molar-refractivity contribution is 6.09. The van der Waals surface area contributed by atoms with E-state index >= 15 is 0 Å². The summed E-state index contributed by atoms with van der Waals surface area (Å²) >= 11 is 0. The van der Waals surface area contributed by atoms with Gasteiger partial charge in [0.1, 0.15) is 0 Å². The SMILES string of the molecule is CCC1c2ccccc2-c2cc(-c3ccc4c(c3)c3ccccc3n4CC)ccc21. The molecule has 0 aliphatic heterocycles. The van der Waals surface area contributed by atoms with Crippen molar-refractivity contribution >= 4 is 21.8 Å². The van der Waals surface area contributed by atoms with Gasteiger partial charge in [0.15, 0.2) is 0 Å². The molecular formula is C29H25N. The molecule has 1 unspecified atom stereocenters. The maximum Gasteiger partial charge on any atom is 0.0491 e. The third-order valence-electron chi connectivity index (χ3n) is 6.89. The minimum absolute atomic E-state index is 0.523. The second kappa shape index (κ2) is 6.60. The van der Waals surface area contributed by atoms with Gasteiger partial charge in [-0.25, -0.2) is 0 Å². The van der Waals surface area contributed by atoms with E-state index in [0.717, 1.165) is 13.0 Å². The van der Waals surface area contributed by atoms with Crippen LogP contribution in [0.5, 0.6) is 0 Å². The first-order chi connectivity index (χ1) is 14.8. The largest absolute Gasteiger partial charge is 0.341 e. The fourth-order valence-corrected chi connectivity index (χ4v) is 5.50. The molecule has 1 heterocycles. The second-order valence-corrected chi connectivity index (χ2v) is 8.34. The van der Waals surface area contributed by atoms with Crippen LogP contribution in [0.1, 0.15) is 37.3 Å². The first-order valence-corrected chi connectivity index (χ1v) is 11.0. The molecule has 0 amide bonds. The fourth-order valence-electron chi connectivity index (χ4n) is 5.50. The lowest BCUT2D eigenvalue weighted by Gasteiger charge is -2.11. The molecule has 1 atom stereocenters. The van der Waals surface area contributed by atoms with E-state index in [0.29, 0.717) is 5.92 Å². The molecule has 0 radical (unpaired) electrons. The maximum absolute atomic E-state index is 2.42. The summed E-state index contributed by atoms with van der Waals surface area (Å²) in [5.74, 6) is 0.523. The van der Waals surface area contributed by atoms with E-state index in [-0.39, 0.29) is 0 Å². The van der Waals surface area contributed by atoms with Crippen molar-refractivity contribution in [3.8, 4) is 22.3 Å². The molecule has 1 aliphatic rings. The summed E-state index contributed by atoms with van der Waals surface area (Å²) in [6.45, 7) is 5.50. The van der Waals surface area contributed by atoms with E-state index < -0.39 is 0 Å². The standard InChI is InChI=1S/C29H25N/c1-3-21-22-9-5-6-10-23(22)26-17-19(13-15-24(21)26)20-14-16-29-27(18-20)25-11-7-8-12-28(25)30(29)4-2/h5-18,21H,3-4H2,1-2H3. The van der Waals surface area contributed by atoms with Gasteiger partial charge in [0.2, 0.25) is 0 Å². The molecule has 1 heteroatoms. The summed E-state index contributed by atoms with van der Waals surface area (Å²) in [5.41, 5.74) is 11.0. The molecule has 0 fully saturated rings. The minimum atomic E-state index is 0.523. The van der Waals surface area contributed by atoms with Gasteiger partial charge in [-0.05, 0) is 71.0 Å². The zero-order chi connectivity index (χ0) is 20.2. The van der Waals surface area contributed by atoms with E-state index in [1.54, 1.807) is 0 Å². The molecule has 0 N–H and O–H groups in total. The zero-order valence-corrected chi connectivity index (χ0v) is 17.5. The van der Waals surface area contributed by atoms with Crippen molar-refractivity contribution in [1.82, 2.24) is 4.57 Å². The number of hydrogen-bond acceptors (Lipinski definition) is 0. The Balaban J connectivity index is 1.55. The lowest BCUT2D eigenvalue weighted by molar-refractivity contribution is 0.797. The van der Waals surface area contributed by atoms with Gasteiger partial charge in [0, 0.05) is 34.3 Å². The predicted octanol–water partition coefficient (Wildman–Crippen LogP) is 8.00. The number of benzene rings is 4. The van der Waals surface area contributed by atoms with Crippen LogP contribution in [0, 0.1) is 0 Å². The van der Waals surface area contributed by atoms with E-state index in [2.05, 4.69) is 103 Å². The molecule has 30 heavy (non-hydrogen) atoms. The van der Waals surface area contributed by atoms with Crippen LogP contribution in [-0.2, 0) is 6.54 Å². The van der Waals surface area contributed by atoms with Crippen LogP contribution < -0.4 is 0 Å². The molecule has 1 nitrogen and oxygen atoms in total. The number of aromatic nitrogens is 1. The Morgan fingerprint density at radius 2 is 1.33 bits per heavy atom. The van der Waals surface area contributed by atoms with E-state index in [9.17, 15) is 0 Å². The monoisotopic (exact) mass is 387 g/mol. The van der Waals surface area contributed by atoms with Crippen molar-refractivity contribution in [2.24, 2.45) is 0 Å². The lowest BCUT2D eigenvalue weighted by Crippen LogP contribution is -1.94. The highest BCUT2D eigenvalue weighted by Gasteiger charge is 2.27. The summed E-state index contributed by atoms with van der Waals surface area (Å²) in [5, 5.41) is 2.69. The Hall–Kier alpha value is -3.32. The van der Waals surface area contributed by atoms with Gasteiger partial charge in [-0.1, -0.05) is 67.6 Å². The smallest absolute Gasteiger partial charge is 0.0491 e. The van der Waals surface area contributed by atoms with Crippen LogP contribution >= 0.6 is 0 Å². The Morgan fingerprint density at radius 1 is 0.633 bits per heavy atom. The van der Waals surface area contributed by atoms with Crippen molar-refractivity contribution in [1.29, 1.82) is 0 Å². The number of hydrogen-bond donors (Lipinski definition) is 0. The molecule has 1 aliphatic carbocycles. The van der Waals surface area contributed by atoms with Gasteiger partial charge < -0.3 is 4.57 Å². The van der Waals surface area contributed by atoms with Crippen LogP contribution in [0.25, 0.3) is 44.1 Å². The summed E-state index contributed by atoms with van der Waals surface area (Å²) in [4.78, 5) is 0. The Morgan fingerprint density at radius 3 is 2.20 bits per heavy atom. The van der Waals surface area contributed by atoms with Crippen molar-refractivity contribution in [3.05, 3.63) is 96.1 Å². The molecule has 4 aromatic carbocycles. The van der Waals surface area contributed by atoms with Gasteiger partial charge in [-0.2, -0.15) is 0 Å². The summed E-state index contributed by atoms with van der Waals surface area (Å²) < 4.78 is 2.42. The van der Waals surface area contributed by atoms with Crippen LogP contribution in [0.4, 0.5) is 0 Å². The van der Waals surface area contributed by atoms with E-state index in [4.69, 9.17) is 0 Å². The minimum Gasteiger partial charge on any atom is -0.341 e. The number of nitrogens with zero attached hydrogens (tertiary/aromatic N) is 1. The van der Waals surface area contributed by atoms with Crippen LogP contribution in [-0.4, -0.2) is 4.57 Å². The third kappa shape index (κ3) is 2.35. The molecule has 146 valence electrons. The highest BCUT2D eigenvalue weighted by Crippen LogP contribution is 2.47. The quantitative estimate of drug-likeness (QED) is 0.295. The summed E-state index contributed by atoms with van der Waals surface area (Å²) in [6.07, 6.45) is 1.14. The number of rotatable bonds is 3. The Kier molecular flexibility index (Phi) is 3.86. The number of fused-ring (bicyclic) bond motifs is 6. The van der Waals surface area contributed by atoms with Crippen molar-refractivity contribution in [2.75, 3.05) is 0 Å². The first kappa shape index (κ1) is 17.5. The highest BCUT2D eigenvalue weighted by atomic mass is 15.0. The topological polar surface area (TPSA) is 4.93 Å². The van der Waals surface area contributed by atoms with Gasteiger partial charge >= 0.3 is 0 Å². The Bertz CT molecular complexity index is 1420. The molecule has 0 spiro atoms. The molecular weight excluding hydrogens is 362 g/mol. The number of para-hydroxylation sites is 1. The van der Waals surface area contributed by atoms with Crippen molar-refractivity contribution < 1.29 is 0 Å². The molecule has 0 saturated heterocycles. The predicted molar refractivity (Wildman–Crippen MR) is 128 cm³/mol. The fraction of sp³-hybridized carbons (Fsp3) is 0.172. The Labute approximate surface area is 177 Å². The third-order valence-corrected chi connectivity index (χ3v) is 6.89. The first-order valence-electron chi connectivity index (χ1n) is 11.0. The molecule has 0 bridgehead atoms. The molecule has 6 rings (SSSR count). The normalized spacial score (nSPS) is 14.9. The van der Waals surface area contributed by atoms with Gasteiger partial charge in [0.05, 0.1) is 0 Å².